The molecule has 0 saturated carbocycles. The van der Waals surface area contributed by atoms with Gasteiger partial charge in [-0.3, -0.25) is 13.8 Å². The highest BCUT2D eigenvalue weighted by molar-refractivity contribution is 7.47. The van der Waals surface area contributed by atoms with Gasteiger partial charge in [0.15, 0.2) is 0 Å². The molecule has 0 rings (SSSR count). The van der Waals surface area contributed by atoms with Crippen LogP contribution in [0.15, 0.2) is 72.9 Å². The van der Waals surface area contributed by atoms with Crippen LogP contribution in [0.2, 0.25) is 0 Å². The monoisotopic (exact) mass is 1030 g/mol. The summed E-state index contributed by atoms with van der Waals surface area (Å²) in [5.41, 5.74) is 0. The number of quaternary nitrogens is 1. The molecule has 1 amide bonds. The summed E-state index contributed by atoms with van der Waals surface area (Å²) in [4.78, 5) is 23.4. The molecule has 3 unspecified atom stereocenters. The third kappa shape index (κ3) is 55.7. The van der Waals surface area contributed by atoms with Crippen LogP contribution in [0.4, 0.5) is 0 Å². The predicted molar refractivity (Wildman–Crippen MR) is 313 cm³/mol. The van der Waals surface area contributed by atoms with E-state index in [1.54, 1.807) is 0 Å². The normalized spacial score (nSPS) is 14.4. The minimum absolute atomic E-state index is 0.0701. The maximum atomic E-state index is 13.0. The molecule has 3 atom stereocenters. The minimum Gasteiger partial charge on any atom is -0.391 e. The Morgan fingerprint density at radius 3 is 1.22 bits per heavy atom. The van der Waals surface area contributed by atoms with Crippen LogP contribution >= 0.6 is 7.82 Å². The van der Waals surface area contributed by atoms with Crippen LogP contribution in [0, 0.1) is 0 Å². The molecule has 0 aliphatic rings. The van der Waals surface area contributed by atoms with Gasteiger partial charge >= 0.3 is 7.82 Å². The van der Waals surface area contributed by atoms with E-state index in [1.165, 1.54) is 161 Å². The van der Waals surface area contributed by atoms with Crippen LogP contribution < -0.4 is 5.32 Å². The second-order valence-electron chi connectivity index (χ2n) is 21.7. The number of nitrogens with one attached hydrogen (secondary N) is 1. The average Bonchev–Trinajstić information content (AvgIpc) is 3.34. The lowest BCUT2D eigenvalue weighted by molar-refractivity contribution is -0.870. The molecule has 0 fully saturated rings. The SMILES string of the molecule is CC/C=C\C/C=C\C/C=C\C/C=C\C/C=C\C/C=C\CCCCCCCCCCC(=O)NC(COP(=O)(O)OCC[N+](C)(C)C)C(O)CCCCCCCCCCCCCCCCCCCCCCCCC. The first-order valence-corrected chi connectivity index (χ1v) is 31.8. The number of hydrogen-bond donors (Lipinski definition) is 3. The lowest BCUT2D eigenvalue weighted by Gasteiger charge is -2.26. The predicted octanol–water partition coefficient (Wildman–Crippen LogP) is 18.7. The first-order chi connectivity index (χ1) is 35.0. The first-order valence-electron chi connectivity index (χ1n) is 30.3. The molecule has 0 heterocycles. The van der Waals surface area contributed by atoms with E-state index < -0.39 is 20.0 Å². The van der Waals surface area contributed by atoms with Crippen molar-refractivity contribution in [3.05, 3.63) is 72.9 Å². The smallest absolute Gasteiger partial charge is 0.391 e. The zero-order valence-corrected chi connectivity index (χ0v) is 48.8. The topological polar surface area (TPSA) is 105 Å². The fourth-order valence-electron chi connectivity index (χ4n) is 8.76. The van der Waals surface area contributed by atoms with Crippen molar-refractivity contribution >= 4 is 13.7 Å². The number of phosphoric ester groups is 1. The Labute approximate surface area is 446 Å². The van der Waals surface area contributed by atoms with Gasteiger partial charge in [0.2, 0.25) is 5.91 Å². The number of aliphatic hydroxyl groups is 1. The minimum atomic E-state index is -4.33. The number of hydrogen-bond acceptors (Lipinski definition) is 5. The van der Waals surface area contributed by atoms with Crippen LogP contribution in [0.1, 0.15) is 271 Å². The molecule has 0 aliphatic carbocycles. The maximum Gasteiger partial charge on any atom is 0.472 e. The van der Waals surface area contributed by atoms with E-state index in [1.807, 2.05) is 21.1 Å². The fourth-order valence-corrected chi connectivity index (χ4v) is 9.49. The molecule has 0 spiro atoms. The molecule has 9 heteroatoms. The standard InChI is InChI=1S/C63H117N2O6P/c1-6-8-10-12-14-16-18-20-22-24-26-28-30-31-32-33-35-37-39-41-43-45-47-49-51-53-55-57-63(67)64-61(60-71-72(68,69)70-59-58-65(3,4)5)62(66)56-54-52-50-48-46-44-42-40-38-36-34-29-27-25-23-21-19-17-15-13-11-9-7-2/h8,10,14,16,20,22,26,28,31-32,35,37,61-62,66H,6-7,9,11-13,15,17-19,21,23-25,27,29-30,33-34,36,38-60H2,1-5H3,(H-,64,67,68,69)/p+1/b10-8-,16-14-,22-20-,28-26-,32-31-,37-35-. The Hall–Kier alpha value is -2.06. The van der Waals surface area contributed by atoms with Gasteiger partial charge in [-0.15, -0.1) is 0 Å². The summed E-state index contributed by atoms with van der Waals surface area (Å²) in [6, 6.07) is -0.771. The molecule has 420 valence electrons. The summed E-state index contributed by atoms with van der Waals surface area (Å²) in [6.45, 7) is 4.79. The van der Waals surface area contributed by atoms with Crippen LogP contribution in [-0.4, -0.2) is 73.4 Å². The zero-order valence-electron chi connectivity index (χ0n) is 47.9. The number of aliphatic hydroxyl groups excluding tert-OH is 1. The lowest BCUT2D eigenvalue weighted by Crippen LogP contribution is -2.46. The van der Waals surface area contributed by atoms with Gasteiger partial charge in [0.1, 0.15) is 13.2 Å². The van der Waals surface area contributed by atoms with E-state index in [4.69, 9.17) is 9.05 Å². The van der Waals surface area contributed by atoms with Crippen LogP contribution in [0.25, 0.3) is 0 Å². The van der Waals surface area contributed by atoms with E-state index >= 15 is 0 Å². The van der Waals surface area contributed by atoms with E-state index in [2.05, 4.69) is 92.1 Å². The van der Waals surface area contributed by atoms with E-state index in [0.29, 0.717) is 23.9 Å². The fraction of sp³-hybridized carbons (Fsp3) is 0.794. The van der Waals surface area contributed by atoms with Gasteiger partial charge in [-0.05, 0) is 64.2 Å². The number of nitrogens with zero attached hydrogens (tertiary/aromatic N) is 1. The Morgan fingerprint density at radius 2 is 0.833 bits per heavy atom. The van der Waals surface area contributed by atoms with Gasteiger partial charge in [0.25, 0.3) is 0 Å². The third-order valence-electron chi connectivity index (χ3n) is 13.5. The van der Waals surface area contributed by atoms with Gasteiger partial charge < -0.3 is 19.8 Å². The summed E-state index contributed by atoms with van der Waals surface area (Å²) >= 11 is 0. The quantitative estimate of drug-likeness (QED) is 0.0243. The molecule has 0 aromatic rings. The van der Waals surface area contributed by atoms with Gasteiger partial charge in [-0.2, -0.15) is 0 Å². The molecule has 0 saturated heterocycles. The Balaban J connectivity index is 4.18. The van der Waals surface area contributed by atoms with Crippen molar-refractivity contribution in [3.8, 4) is 0 Å². The molecule has 0 aliphatic heterocycles. The number of unbranched alkanes of at least 4 members (excludes halogenated alkanes) is 30. The summed E-state index contributed by atoms with van der Waals surface area (Å²) in [7, 11) is 1.61. The van der Waals surface area contributed by atoms with Crippen LogP contribution in [0.5, 0.6) is 0 Å². The van der Waals surface area contributed by atoms with E-state index in [-0.39, 0.29) is 19.1 Å². The number of rotatable bonds is 55. The molecule has 72 heavy (non-hydrogen) atoms. The van der Waals surface area contributed by atoms with Crippen LogP contribution in [-0.2, 0) is 18.4 Å². The maximum absolute atomic E-state index is 13.0. The molecular weight excluding hydrogens is 912 g/mol. The van der Waals surface area contributed by atoms with Crippen molar-refractivity contribution < 1.29 is 32.9 Å². The van der Waals surface area contributed by atoms with E-state index in [9.17, 15) is 19.4 Å². The van der Waals surface area contributed by atoms with Crippen molar-refractivity contribution in [1.82, 2.24) is 5.32 Å². The van der Waals surface area contributed by atoms with Gasteiger partial charge in [-0.25, -0.2) is 4.57 Å². The number of amides is 1. The summed E-state index contributed by atoms with van der Waals surface area (Å²) < 4.78 is 23.8. The van der Waals surface area contributed by atoms with Crippen molar-refractivity contribution in [2.45, 2.75) is 283 Å². The molecule has 0 aromatic carbocycles. The van der Waals surface area contributed by atoms with Crippen LogP contribution in [0.3, 0.4) is 0 Å². The molecule has 3 N–H and O–H groups in total. The second-order valence-corrected chi connectivity index (χ2v) is 23.2. The molecule has 0 radical (unpaired) electrons. The summed E-state index contributed by atoms with van der Waals surface area (Å²) in [5, 5.41) is 14.1. The lowest BCUT2D eigenvalue weighted by atomic mass is 10.0. The number of likely N-dealkylation sites (N-methyl/N-ethyl adjacent to an activating group) is 1. The van der Waals surface area contributed by atoms with Crippen molar-refractivity contribution in [3.63, 3.8) is 0 Å². The Bertz CT molecular complexity index is 1400. The number of allylic oxidation sites excluding steroid dienone is 12. The van der Waals surface area contributed by atoms with E-state index in [0.717, 1.165) is 83.5 Å². The van der Waals surface area contributed by atoms with Crippen molar-refractivity contribution in [2.75, 3.05) is 40.9 Å². The molecule has 0 bridgehead atoms. The van der Waals surface area contributed by atoms with Crippen molar-refractivity contribution in [2.24, 2.45) is 0 Å². The molecule has 8 nitrogen and oxygen atoms in total. The average molecular weight is 1030 g/mol. The highest BCUT2D eigenvalue weighted by Crippen LogP contribution is 2.43. The van der Waals surface area contributed by atoms with Gasteiger partial charge in [0.05, 0.1) is 39.9 Å². The van der Waals surface area contributed by atoms with Gasteiger partial charge in [0, 0.05) is 6.42 Å². The molecular formula is C63H118N2O6P+. The number of carbonyl (C=O) groups excluding carboxylic acids is 1. The first kappa shape index (κ1) is 69.9. The van der Waals surface area contributed by atoms with Gasteiger partial charge in [-0.1, -0.05) is 273 Å². The Morgan fingerprint density at radius 1 is 0.486 bits per heavy atom. The highest BCUT2D eigenvalue weighted by Gasteiger charge is 2.28. The molecule has 0 aromatic heterocycles. The number of carbonyl (C=O) groups is 1. The Kier molecular flexibility index (Phi) is 52.2. The highest BCUT2D eigenvalue weighted by atomic mass is 31.2. The summed E-state index contributed by atoms with van der Waals surface area (Å²) in [5.74, 6) is -0.153. The number of phosphoric acid groups is 1. The largest absolute Gasteiger partial charge is 0.472 e. The summed E-state index contributed by atoms with van der Waals surface area (Å²) in [6.07, 6.45) is 73.9. The second kappa shape index (κ2) is 53.8. The van der Waals surface area contributed by atoms with Crippen molar-refractivity contribution in [1.29, 1.82) is 0 Å². The zero-order chi connectivity index (χ0) is 52.7. The third-order valence-corrected chi connectivity index (χ3v) is 14.5.